The minimum Gasteiger partial charge on any atom is -0.192 e. The molecule has 0 aliphatic rings. The van der Waals surface area contributed by atoms with Gasteiger partial charge in [-0.05, 0) is 30.7 Å². The average molecular weight is 200 g/mol. The number of hydrogen-bond acceptors (Lipinski definition) is 2. The van der Waals surface area contributed by atoms with Crippen LogP contribution in [0.15, 0.2) is 18.2 Å². The van der Waals surface area contributed by atoms with Crippen molar-refractivity contribution in [3.8, 4) is 12.1 Å². The molecule has 0 heterocycles. The van der Waals surface area contributed by atoms with Gasteiger partial charge in [0.1, 0.15) is 0 Å². The third kappa shape index (κ3) is 4.84. The Morgan fingerprint density at radius 1 is 1.07 bits per heavy atom. The van der Waals surface area contributed by atoms with Crippen LogP contribution in [0.3, 0.4) is 0 Å². The molecular formula is C13H16N2. The van der Waals surface area contributed by atoms with Gasteiger partial charge in [-0.15, -0.1) is 0 Å². The highest BCUT2D eigenvalue weighted by molar-refractivity contribution is 5.43. The molecule has 0 saturated heterocycles. The number of nitrogens with zero attached hydrogens (tertiary/aromatic N) is 2. The highest BCUT2D eigenvalue weighted by Crippen LogP contribution is 2.08. The summed E-state index contributed by atoms with van der Waals surface area (Å²) >= 11 is 0. The van der Waals surface area contributed by atoms with Crippen LogP contribution < -0.4 is 0 Å². The van der Waals surface area contributed by atoms with Crippen LogP contribution >= 0.6 is 0 Å². The van der Waals surface area contributed by atoms with Crippen LogP contribution in [-0.4, -0.2) is 0 Å². The second-order valence-electron chi connectivity index (χ2n) is 3.25. The Morgan fingerprint density at radius 2 is 1.67 bits per heavy atom. The fraction of sp³-hybridized carbons (Fsp3) is 0.385. The number of nitriles is 2. The van der Waals surface area contributed by atoms with E-state index >= 15 is 0 Å². The zero-order valence-corrected chi connectivity index (χ0v) is 9.54. The molecule has 1 aromatic rings. The molecule has 0 unspecified atom stereocenters. The van der Waals surface area contributed by atoms with Gasteiger partial charge in [-0.25, -0.2) is 0 Å². The molecule has 0 aliphatic carbocycles. The largest absolute Gasteiger partial charge is 0.192 e. The van der Waals surface area contributed by atoms with Gasteiger partial charge in [0.2, 0.25) is 0 Å². The molecule has 1 rings (SSSR count). The quantitative estimate of drug-likeness (QED) is 0.696. The van der Waals surface area contributed by atoms with Gasteiger partial charge in [0.05, 0.1) is 23.3 Å². The van der Waals surface area contributed by atoms with E-state index in [1.165, 1.54) is 12.8 Å². The first-order valence-electron chi connectivity index (χ1n) is 5.10. The van der Waals surface area contributed by atoms with Gasteiger partial charge >= 0.3 is 0 Å². The molecule has 0 aromatic heterocycles. The maximum atomic E-state index is 8.55. The van der Waals surface area contributed by atoms with Crippen molar-refractivity contribution in [2.45, 2.75) is 33.6 Å². The summed E-state index contributed by atoms with van der Waals surface area (Å²) in [6, 6.07) is 9.06. The van der Waals surface area contributed by atoms with Gasteiger partial charge in [-0.3, -0.25) is 0 Å². The Hall–Kier alpha value is -1.80. The van der Waals surface area contributed by atoms with E-state index in [9.17, 15) is 0 Å². The number of unbranched alkanes of at least 4 members (excludes halogenated alkanes) is 1. The van der Waals surface area contributed by atoms with Crippen molar-refractivity contribution in [2.75, 3.05) is 0 Å². The lowest BCUT2D eigenvalue weighted by atomic mass is 10.1. The molecule has 2 heteroatoms. The Bertz CT molecular complexity index is 379. The topological polar surface area (TPSA) is 47.6 Å². The minimum absolute atomic E-state index is 0.599. The summed E-state index contributed by atoms with van der Waals surface area (Å²) in [5.41, 5.74) is 2.08. The summed E-state index contributed by atoms with van der Waals surface area (Å²) in [6.45, 7) is 6.18. The van der Waals surface area contributed by atoms with Gasteiger partial charge in [0.15, 0.2) is 0 Å². The lowest BCUT2D eigenvalue weighted by molar-refractivity contribution is 0.886. The van der Waals surface area contributed by atoms with E-state index in [2.05, 4.69) is 13.8 Å². The van der Waals surface area contributed by atoms with Crippen molar-refractivity contribution < 1.29 is 0 Å². The first-order valence-corrected chi connectivity index (χ1v) is 5.10. The smallest absolute Gasteiger partial charge is 0.0994 e. The summed E-state index contributed by atoms with van der Waals surface area (Å²) in [5, 5.41) is 17.0. The molecule has 0 aliphatic heterocycles. The summed E-state index contributed by atoms with van der Waals surface area (Å²) in [7, 11) is 0. The van der Waals surface area contributed by atoms with Gasteiger partial charge in [-0.2, -0.15) is 10.5 Å². The Balaban J connectivity index is 0.000000423. The molecule has 0 radical (unpaired) electrons. The Kier molecular flexibility index (Phi) is 6.68. The van der Waals surface area contributed by atoms with Crippen LogP contribution in [-0.2, 0) is 0 Å². The number of benzene rings is 1. The van der Waals surface area contributed by atoms with E-state index in [1.54, 1.807) is 18.2 Å². The summed E-state index contributed by atoms with van der Waals surface area (Å²) in [6.07, 6.45) is 2.64. The third-order valence-corrected chi connectivity index (χ3v) is 1.98. The maximum Gasteiger partial charge on any atom is 0.0994 e. The monoisotopic (exact) mass is 200 g/mol. The van der Waals surface area contributed by atoms with Crippen molar-refractivity contribution in [3.05, 3.63) is 34.9 Å². The van der Waals surface area contributed by atoms with Crippen LogP contribution in [0.25, 0.3) is 0 Å². The second-order valence-corrected chi connectivity index (χ2v) is 3.25. The number of rotatable bonds is 1. The van der Waals surface area contributed by atoms with Crippen LogP contribution in [0.2, 0.25) is 0 Å². The zero-order valence-electron chi connectivity index (χ0n) is 9.54. The standard InChI is InChI=1S/C9H6N2.C4H10/c1-7-4-8(5-10)2-3-9(7)6-11;1-3-4-2/h2-4H,1H3;3-4H2,1-2H3. The van der Waals surface area contributed by atoms with E-state index in [4.69, 9.17) is 10.5 Å². The molecule has 2 nitrogen and oxygen atoms in total. The molecular weight excluding hydrogens is 184 g/mol. The molecule has 0 bridgehead atoms. The first kappa shape index (κ1) is 13.2. The van der Waals surface area contributed by atoms with E-state index in [-0.39, 0.29) is 0 Å². The van der Waals surface area contributed by atoms with Crippen molar-refractivity contribution in [1.82, 2.24) is 0 Å². The lowest BCUT2D eigenvalue weighted by Gasteiger charge is -1.94. The van der Waals surface area contributed by atoms with Crippen molar-refractivity contribution in [1.29, 1.82) is 10.5 Å². The summed E-state index contributed by atoms with van der Waals surface area (Å²) < 4.78 is 0. The Labute approximate surface area is 91.8 Å². The van der Waals surface area contributed by atoms with Crippen LogP contribution in [0.1, 0.15) is 43.4 Å². The van der Waals surface area contributed by atoms with E-state index in [0.29, 0.717) is 11.1 Å². The summed E-state index contributed by atoms with van der Waals surface area (Å²) in [4.78, 5) is 0. The van der Waals surface area contributed by atoms with Gasteiger partial charge < -0.3 is 0 Å². The number of aryl methyl sites for hydroxylation is 1. The van der Waals surface area contributed by atoms with Gasteiger partial charge in [0, 0.05) is 0 Å². The molecule has 0 atom stereocenters. The third-order valence-electron chi connectivity index (χ3n) is 1.98. The molecule has 0 N–H and O–H groups in total. The fourth-order valence-corrected chi connectivity index (χ4v) is 0.859. The predicted molar refractivity (Wildman–Crippen MR) is 61.2 cm³/mol. The van der Waals surface area contributed by atoms with E-state index in [0.717, 1.165) is 5.56 Å². The molecule has 0 fully saturated rings. The van der Waals surface area contributed by atoms with Gasteiger partial charge in [0.25, 0.3) is 0 Å². The molecule has 78 valence electrons. The second kappa shape index (κ2) is 7.59. The normalized spacial score (nSPS) is 8.07. The highest BCUT2D eigenvalue weighted by atomic mass is 14.3. The van der Waals surface area contributed by atoms with Crippen molar-refractivity contribution in [2.24, 2.45) is 0 Å². The molecule has 0 saturated carbocycles. The van der Waals surface area contributed by atoms with Crippen LogP contribution in [0.5, 0.6) is 0 Å². The first-order chi connectivity index (χ1) is 7.19. The molecule has 15 heavy (non-hydrogen) atoms. The molecule has 0 amide bonds. The average Bonchev–Trinajstić information content (AvgIpc) is 2.29. The van der Waals surface area contributed by atoms with Crippen molar-refractivity contribution >= 4 is 0 Å². The van der Waals surface area contributed by atoms with Gasteiger partial charge in [-0.1, -0.05) is 26.7 Å². The van der Waals surface area contributed by atoms with Crippen LogP contribution in [0, 0.1) is 29.6 Å². The van der Waals surface area contributed by atoms with Crippen LogP contribution in [0.4, 0.5) is 0 Å². The van der Waals surface area contributed by atoms with E-state index in [1.807, 2.05) is 19.1 Å². The zero-order chi connectivity index (χ0) is 11.7. The maximum absolute atomic E-state index is 8.55. The SMILES string of the molecule is CCCC.Cc1cc(C#N)ccc1C#N. The minimum atomic E-state index is 0.599. The molecule has 0 spiro atoms. The lowest BCUT2D eigenvalue weighted by Crippen LogP contribution is -1.82. The van der Waals surface area contributed by atoms with Crippen molar-refractivity contribution in [3.63, 3.8) is 0 Å². The molecule has 1 aromatic carbocycles. The summed E-state index contributed by atoms with van der Waals surface area (Å²) in [5.74, 6) is 0. The predicted octanol–water partition coefficient (Wildman–Crippen LogP) is 3.54. The highest BCUT2D eigenvalue weighted by Gasteiger charge is 1.96. The number of hydrogen-bond donors (Lipinski definition) is 0. The fourth-order valence-electron chi connectivity index (χ4n) is 0.859. The van der Waals surface area contributed by atoms with E-state index < -0.39 is 0 Å². The Morgan fingerprint density at radius 3 is 2.00 bits per heavy atom.